The molecule has 6 nitrogen and oxygen atoms in total. The topological polar surface area (TPSA) is 62.6 Å². The summed E-state index contributed by atoms with van der Waals surface area (Å²) in [4.78, 5) is 6.20. The van der Waals surface area contributed by atoms with E-state index in [1.54, 1.807) is 12.4 Å². The number of aromatic nitrogens is 5. The number of benzene rings is 2. The van der Waals surface area contributed by atoms with Gasteiger partial charge in [0, 0.05) is 53.8 Å². The van der Waals surface area contributed by atoms with Gasteiger partial charge in [0.15, 0.2) is 0 Å². The summed E-state index contributed by atoms with van der Waals surface area (Å²) >= 11 is 0. The lowest BCUT2D eigenvalue weighted by Gasteiger charge is -2.33. The SMILES string of the molecule is Fc1cccc(F)c1CN1CCC[C@@H](n2cc(-c3ccc4[nH]nc(-c5ccncc5)c4c3)cn2)C1. The molecule has 6 rings (SSSR count). The largest absolute Gasteiger partial charge is 0.297 e. The molecule has 1 saturated heterocycles. The fourth-order valence-corrected chi connectivity index (χ4v) is 4.91. The van der Waals surface area contributed by atoms with E-state index in [0.29, 0.717) is 6.54 Å². The normalized spacial score (nSPS) is 16.7. The zero-order chi connectivity index (χ0) is 23.8. The van der Waals surface area contributed by atoms with Crippen LogP contribution in [0.3, 0.4) is 0 Å². The Labute approximate surface area is 201 Å². The van der Waals surface area contributed by atoms with E-state index < -0.39 is 11.6 Å². The number of aromatic amines is 1. The van der Waals surface area contributed by atoms with E-state index in [1.165, 1.54) is 18.2 Å². The van der Waals surface area contributed by atoms with Gasteiger partial charge in [-0.15, -0.1) is 0 Å². The molecule has 1 aliphatic heterocycles. The van der Waals surface area contributed by atoms with Crippen molar-refractivity contribution in [2.24, 2.45) is 0 Å². The number of piperidine rings is 1. The molecule has 1 N–H and O–H groups in total. The molecule has 0 saturated carbocycles. The third kappa shape index (κ3) is 4.21. The molecule has 1 fully saturated rings. The Bertz CT molecular complexity index is 1460. The molecule has 8 heteroatoms. The smallest absolute Gasteiger partial charge is 0.130 e. The van der Waals surface area contributed by atoms with E-state index in [-0.39, 0.29) is 18.2 Å². The Kier molecular flexibility index (Phi) is 5.58. The Morgan fingerprint density at radius 3 is 2.63 bits per heavy atom. The molecule has 0 amide bonds. The number of hydrogen-bond donors (Lipinski definition) is 1. The van der Waals surface area contributed by atoms with Gasteiger partial charge in [-0.2, -0.15) is 10.2 Å². The molecule has 1 atom stereocenters. The number of H-pyrrole nitrogens is 1. The molecule has 1 aliphatic rings. The lowest BCUT2D eigenvalue weighted by Crippen LogP contribution is -2.36. The molecule has 35 heavy (non-hydrogen) atoms. The van der Waals surface area contributed by atoms with Gasteiger partial charge in [0.1, 0.15) is 17.3 Å². The fourth-order valence-electron chi connectivity index (χ4n) is 4.91. The minimum atomic E-state index is -0.491. The third-order valence-corrected chi connectivity index (χ3v) is 6.75. The van der Waals surface area contributed by atoms with Crippen LogP contribution in [-0.2, 0) is 6.54 Å². The van der Waals surface area contributed by atoms with Gasteiger partial charge in [-0.25, -0.2) is 8.78 Å². The van der Waals surface area contributed by atoms with Crippen LogP contribution >= 0.6 is 0 Å². The van der Waals surface area contributed by atoms with E-state index in [2.05, 4.69) is 43.5 Å². The van der Waals surface area contributed by atoms with Gasteiger partial charge in [-0.3, -0.25) is 19.7 Å². The first-order valence-corrected chi connectivity index (χ1v) is 11.7. The summed E-state index contributed by atoms with van der Waals surface area (Å²) in [7, 11) is 0. The highest BCUT2D eigenvalue weighted by Gasteiger charge is 2.24. The molecule has 0 spiro atoms. The first-order valence-electron chi connectivity index (χ1n) is 11.7. The number of pyridine rings is 1. The van der Waals surface area contributed by atoms with Crippen molar-refractivity contribution in [3.05, 3.63) is 90.5 Å². The first-order chi connectivity index (χ1) is 17.2. The maximum absolute atomic E-state index is 14.1. The summed E-state index contributed by atoms with van der Waals surface area (Å²) in [5.74, 6) is -0.983. The van der Waals surface area contributed by atoms with Crippen LogP contribution in [0, 0.1) is 11.6 Å². The number of nitrogens with zero attached hydrogens (tertiary/aromatic N) is 5. The minimum absolute atomic E-state index is 0.132. The Hall–Kier alpha value is -3.91. The Balaban J connectivity index is 1.23. The van der Waals surface area contributed by atoms with E-state index in [9.17, 15) is 8.78 Å². The molecule has 3 aromatic heterocycles. The highest BCUT2D eigenvalue weighted by atomic mass is 19.1. The zero-order valence-corrected chi connectivity index (χ0v) is 19.0. The van der Waals surface area contributed by atoms with Crippen LogP contribution in [0.25, 0.3) is 33.3 Å². The maximum atomic E-state index is 14.1. The van der Waals surface area contributed by atoms with E-state index >= 15 is 0 Å². The zero-order valence-electron chi connectivity index (χ0n) is 19.0. The minimum Gasteiger partial charge on any atom is -0.297 e. The van der Waals surface area contributed by atoms with Crippen LogP contribution in [0.4, 0.5) is 8.78 Å². The number of halogens is 2. The molecule has 2 aromatic carbocycles. The van der Waals surface area contributed by atoms with Crippen LogP contribution in [0.5, 0.6) is 0 Å². The van der Waals surface area contributed by atoms with Crippen molar-refractivity contribution in [2.45, 2.75) is 25.4 Å². The second-order valence-corrected chi connectivity index (χ2v) is 9.01. The van der Waals surface area contributed by atoms with Gasteiger partial charge >= 0.3 is 0 Å². The number of hydrogen-bond acceptors (Lipinski definition) is 4. The van der Waals surface area contributed by atoms with Gasteiger partial charge in [0.05, 0.1) is 17.8 Å². The average molecular weight is 471 g/mol. The van der Waals surface area contributed by atoms with Crippen LogP contribution < -0.4 is 0 Å². The monoisotopic (exact) mass is 470 g/mol. The third-order valence-electron chi connectivity index (χ3n) is 6.75. The molecule has 176 valence electrons. The van der Waals surface area contributed by atoms with Crippen LogP contribution in [0.1, 0.15) is 24.4 Å². The number of likely N-dealkylation sites (tertiary alicyclic amines) is 1. The van der Waals surface area contributed by atoms with Gasteiger partial charge in [0.25, 0.3) is 0 Å². The maximum Gasteiger partial charge on any atom is 0.130 e. The Morgan fingerprint density at radius 2 is 1.80 bits per heavy atom. The summed E-state index contributed by atoms with van der Waals surface area (Å²) in [5.41, 5.74) is 5.07. The molecule has 0 aliphatic carbocycles. The van der Waals surface area contributed by atoms with Crippen molar-refractivity contribution in [1.82, 2.24) is 29.9 Å². The molecule has 0 unspecified atom stereocenters. The summed E-state index contributed by atoms with van der Waals surface area (Å²) in [6.45, 7) is 1.77. The quantitative estimate of drug-likeness (QED) is 0.363. The molecule has 0 radical (unpaired) electrons. The van der Waals surface area contributed by atoms with Crippen molar-refractivity contribution < 1.29 is 8.78 Å². The summed E-state index contributed by atoms with van der Waals surface area (Å²) in [6.07, 6.45) is 9.39. The lowest BCUT2D eigenvalue weighted by atomic mass is 10.0. The first kappa shape index (κ1) is 21.6. The van der Waals surface area contributed by atoms with Crippen molar-refractivity contribution in [3.63, 3.8) is 0 Å². The van der Waals surface area contributed by atoms with Gasteiger partial charge in [0.2, 0.25) is 0 Å². The highest BCUT2D eigenvalue weighted by molar-refractivity contribution is 5.95. The van der Waals surface area contributed by atoms with Gasteiger partial charge in [-0.1, -0.05) is 12.1 Å². The van der Waals surface area contributed by atoms with Crippen LogP contribution in [-0.4, -0.2) is 43.0 Å². The van der Waals surface area contributed by atoms with E-state index in [0.717, 1.165) is 52.7 Å². The predicted octanol–water partition coefficient (Wildman–Crippen LogP) is 5.60. The fraction of sp³-hybridized carbons (Fsp3) is 0.222. The summed E-state index contributed by atoms with van der Waals surface area (Å²) < 4.78 is 30.3. The van der Waals surface area contributed by atoms with Crippen molar-refractivity contribution in [1.29, 1.82) is 0 Å². The van der Waals surface area contributed by atoms with Gasteiger partial charge < -0.3 is 0 Å². The van der Waals surface area contributed by atoms with E-state index in [4.69, 9.17) is 0 Å². The van der Waals surface area contributed by atoms with E-state index in [1.807, 2.05) is 29.1 Å². The number of fused-ring (bicyclic) bond motifs is 1. The number of rotatable bonds is 5. The van der Waals surface area contributed by atoms with Crippen molar-refractivity contribution >= 4 is 10.9 Å². The number of nitrogens with one attached hydrogen (secondary N) is 1. The second-order valence-electron chi connectivity index (χ2n) is 9.01. The van der Waals surface area contributed by atoms with Crippen molar-refractivity contribution in [3.8, 4) is 22.4 Å². The molecule has 4 heterocycles. The average Bonchev–Trinajstić information content (AvgIpc) is 3.54. The molecular weight excluding hydrogens is 446 g/mol. The van der Waals surface area contributed by atoms with Crippen LogP contribution in [0.2, 0.25) is 0 Å². The second kappa shape index (κ2) is 9.03. The van der Waals surface area contributed by atoms with Crippen LogP contribution in [0.15, 0.2) is 73.3 Å². The summed E-state index contributed by atoms with van der Waals surface area (Å²) in [5, 5.41) is 13.3. The molecule has 0 bridgehead atoms. The molecular formula is C27H24F2N6. The predicted molar refractivity (Wildman–Crippen MR) is 130 cm³/mol. The molecule has 5 aromatic rings. The Morgan fingerprint density at radius 1 is 0.971 bits per heavy atom. The standard InChI is InChI=1S/C27H24F2N6/c28-24-4-1-5-25(29)23(24)17-34-12-2-3-21(16-34)35-15-20(14-31-35)19-6-7-26-22(13-19)27(33-32-26)18-8-10-30-11-9-18/h1,4-11,13-15,21H,2-3,12,16-17H2,(H,32,33)/t21-/m1/s1. The lowest BCUT2D eigenvalue weighted by molar-refractivity contribution is 0.160. The highest BCUT2D eigenvalue weighted by Crippen LogP contribution is 2.31. The summed E-state index contributed by atoms with van der Waals surface area (Å²) in [6, 6.07) is 14.3. The van der Waals surface area contributed by atoms with Crippen molar-refractivity contribution in [2.75, 3.05) is 13.1 Å². The van der Waals surface area contributed by atoms with Gasteiger partial charge in [-0.05, 0) is 61.3 Å².